The van der Waals surface area contributed by atoms with Crippen molar-refractivity contribution < 1.29 is 33.6 Å². The van der Waals surface area contributed by atoms with Gasteiger partial charge < -0.3 is 29.4 Å². The second-order valence-corrected chi connectivity index (χ2v) is 5.52. The van der Waals surface area contributed by atoms with Crippen LogP contribution < -0.4 is 14.8 Å². The van der Waals surface area contributed by atoms with Gasteiger partial charge in [0.25, 0.3) is 0 Å². The van der Waals surface area contributed by atoms with Gasteiger partial charge in [-0.15, -0.1) is 11.3 Å². The first kappa shape index (κ1) is 17.5. The number of amides is 1. The predicted octanol–water partition coefficient (Wildman–Crippen LogP) is 0.512. The minimum absolute atomic E-state index is 0.0492. The summed E-state index contributed by atoms with van der Waals surface area (Å²) in [5.74, 6) is 0.274. The van der Waals surface area contributed by atoms with E-state index in [9.17, 15) is 9.59 Å². The van der Waals surface area contributed by atoms with Gasteiger partial charge in [-0.05, 0) is 0 Å². The molecule has 0 aromatic carbocycles. The van der Waals surface area contributed by atoms with Crippen molar-refractivity contribution in [1.29, 1.82) is 0 Å². The number of rotatable bonds is 10. The van der Waals surface area contributed by atoms with E-state index in [0.717, 1.165) is 5.75 Å². The number of aliphatic carboxylic acids is 1. The Morgan fingerprint density at radius 2 is 2.13 bits per heavy atom. The molecule has 1 aliphatic heterocycles. The first-order chi connectivity index (χ1) is 11.1. The van der Waals surface area contributed by atoms with Crippen molar-refractivity contribution in [2.24, 2.45) is 0 Å². The largest absolute Gasteiger partial charge is 0.485 e. The molecule has 0 bridgehead atoms. The van der Waals surface area contributed by atoms with Crippen molar-refractivity contribution >= 4 is 23.2 Å². The molecule has 2 heterocycles. The van der Waals surface area contributed by atoms with Crippen molar-refractivity contribution in [3.05, 3.63) is 10.8 Å². The lowest BCUT2D eigenvalue weighted by molar-refractivity contribution is -0.138. The van der Waals surface area contributed by atoms with Crippen LogP contribution in [0.5, 0.6) is 11.5 Å². The Kier molecular flexibility index (Phi) is 7.11. The molecule has 0 aliphatic carbocycles. The van der Waals surface area contributed by atoms with Gasteiger partial charge in [0.15, 0.2) is 17.6 Å². The molecule has 9 heteroatoms. The number of nitrogens with one attached hydrogen (secondary N) is 1. The molecule has 1 aromatic rings. The third-order valence-corrected chi connectivity index (χ3v) is 3.58. The summed E-state index contributed by atoms with van der Waals surface area (Å²) in [7, 11) is 0. The third kappa shape index (κ3) is 6.43. The van der Waals surface area contributed by atoms with Crippen LogP contribution in [0, 0.1) is 0 Å². The normalized spacial score (nSPS) is 16.1. The van der Waals surface area contributed by atoms with E-state index in [2.05, 4.69) is 5.32 Å². The van der Waals surface area contributed by atoms with E-state index >= 15 is 0 Å². The van der Waals surface area contributed by atoms with Crippen molar-refractivity contribution in [3.63, 3.8) is 0 Å². The quantitative estimate of drug-likeness (QED) is 0.596. The molecular formula is C14H19NO7S. The maximum Gasteiger partial charge on any atom is 0.305 e. The summed E-state index contributed by atoms with van der Waals surface area (Å²) in [4.78, 5) is 21.8. The molecule has 1 unspecified atom stereocenters. The molecule has 128 valence electrons. The Labute approximate surface area is 137 Å². The Bertz CT molecular complexity index is 519. The zero-order valence-corrected chi connectivity index (χ0v) is 13.3. The van der Waals surface area contributed by atoms with Crippen LogP contribution in [0.4, 0.5) is 0 Å². The third-order valence-electron chi connectivity index (χ3n) is 2.88. The highest BCUT2D eigenvalue weighted by molar-refractivity contribution is 7.08. The summed E-state index contributed by atoms with van der Waals surface area (Å²) in [6.45, 7) is 1.28. The van der Waals surface area contributed by atoms with E-state index in [1.54, 1.807) is 0 Å². The lowest BCUT2D eigenvalue weighted by atomic mass is 10.3. The van der Waals surface area contributed by atoms with Crippen LogP contribution in [0.25, 0.3) is 0 Å². The molecule has 0 spiro atoms. The molecule has 1 atom stereocenters. The van der Waals surface area contributed by atoms with Crippen LogP contribution in [0.2, 0.25) is 0 Å². The van der Waals surface area contributed by atoms with Gasteiger partial charge in [0.2, 0.25) is 5.91 Å². The minimum Gasteiger partial charge on any atom is -0.485 e. The highest BCUT2D eigenvalue weighted by Crippen LogP contribution is 2.35. The van der Waals surface area contributed by atoms with Gasteiger partial charge in [-0.2, -0.15) is 0 Å². The average molecular weight is 345 g/mol. The predicted molar refractivity (Wildman–Crippen MR) is 81.1 cm³/mol. The minimum atomic E-state index is -0.911. The molecule has 8 nitrogen and oxygen atoms in total. The zero-order chi connectivity index (χ0) is 16.5. The lowest BCUT2D eigenvalue weighted by Gasteiger charge is -2.24. The fourth-order valence-electron chi connectivity index (χ4n) is 1.80. The average Bonchev–Trinajstić information content (AvgIpc) is 2.98. The molecule has 1 amide bonds. The number of carboxylic acid groups (broad SMARTS) is 1. The monoisotopic (exact) mass is 345 g/mol. The molecule has 2 rings (SSSR count). The number of carbonyl (C=O) groups is 2. The van der Waals surface area contributed by atoms with Gasteiger partial charge in [-0.25, -0.2) is 0 Å². The van der Waals surface area contributed by atoms with E-state index in [1.165, 1.54) is 11.3 Å². The molecule has 1 aliphatic rings. The van der Waals surface area contributed by atoms with E-state index in [0.29, 0.717) is 18.9 Å². The fourth-order valence-corrected chi connectivity index (χ4v) is 2.47. The van der Waals surface area contributed by atoms with Crippen molar-refractivity contribution in [2.75, 3.05) is 39.6 Å². The number of hydrogen-bond donors (Lipinski definition) is 2. The summed E-state index contributed by atoms with van der Waals surface area (Å²) in [5.41, 5.74) is 0. The van der Waals surface area contributed by atoms with Crippen LogP contribution in [0.3, 0.4) is 0 Å². The smallest absolute Gasteiger partial charge is 0.305 e. The number of hydrogen-bond acceptors (Lipinski definition) is 7. The van der Waals surface area contributed by atoms with Crippen LogP contribution in [-0.4, -0.2) is 62.7 Å². The summed E-state index contributed by atoms with van der Waals surface area (Å²) in [6.07, 6.45) is -0.281. The Morgan fingerprint density at radius 1 is 1.30 bits per heavy atom. The molecule has 0 fully saturated rings. The van der Waals surface area contributed by atoms with Gasteiger partial charge in [0.1, 0.15) is 13.2 Å². The highest BCUT2D eigenvalue weighted by atomic mass is 32.1. The van der Waals surface area contributed by atoms with E-state index < -0.39 is 5.97 Å². The highest BCUT2D eigenvalue weighted by Gasteiger charge is 2.22. The molecule has 0 saturated heterocycles. The van der Waals surface area contributed by atoms with Gasteiger partial charge in [0, 0.05) is 17.3 Å². The van der Waals surface area contributed by atoms with Gasteiger partial charge in [-0.1, -0.05) is 0 Å². The molecule has 1 aromatic heterocycles. The van der Waals surface area contributed by atoms with Crippen molar-refractivity contribution in [1.82, 2.24) is 5.32 Å². The first-order valence-electron chi connectivity index (χ1n) is 7.15. The Balaban J connectivity index is 1.48. The molecule has 2 N–H and O–H groups in total. The summed E-state index contributed by atoms with van der Waals surface area (Å²) < 4.78 is 21.5. The number of carboxylic acids is 1. The van der Waals surface area contributed by atoms with E-state index in [4.69, 9.17) is 24.1 Å². The van der Waals surface area contributed by atoms with Crippen LogP contribution >= 0.6 is 11.3 Å². The van der Waals surface area contributed by atoms with Gasteiger partial charge >= 0.3 is 5.97 Å². The second kappa shape index (κ2) is 9.33. The SMILES string of the molecule is O=C(O)CCOCCNC(=O)COCC1COc2cscc2O1. The zero-order valence-electron chi connectivity index (χ0n) is 12.5. The second-order valence-electron chi connectivity index (χ2n) is 4.77. The topological polar surface area (TPSA) is 103 Å². The van der Waals surface area contributed by atoms with Crippen LogP contribution in [-0.2, 0) is 19.1 Å². The van der Waals surface area contributed by atoms with Crippen LogP contribution in [0.15, 0.2) is 10.8 Å². The molecule has 23 heavy (non-hydrogen) atoms. The molecular weight excluding hydrogens is 326 g/mol. The lowest BCUT2D eigenvalue weighted by Crippen LogP contribution is -2.36. The van der Waals surface area contributed by atoms with E-state index in [1.807, 2.05) is 10.8 Å². The van der Waals surface area contributed by atoms with Gasteiger partial charge in [0.05, 0.1) is 26.2 Å². The van der Waals surface area contributed by atoms with Crippen molar-refractivity contribution in [3.8, 4) is 11.5 Å². The fraction of sp³-hybridized carbons (Fsp3) is 0.571. The number of fused-ring (bicyclic) bond motifs is 1. The number of ether oxygens (including phenoxy) is 4. The van der Waals surface area contributed by atoms with Crippen LogP contribution in [0.1, 0.15) is 6.42 Å². The summed E-state index contributed by atoms with van der Waals surface area (Å²) in [6, 6.07) is 0. The maximum atomic E-state index is 11.5. The van der Waals surface area contributed by atoms with Gasteiger partial charge in [-0.3, -0.25) is 9.59 Å². The molecule has 0 saturated carbocycles. The summed E-state index contributed by atoms with van der Waals surface area (Å²) in [5, 5.41) is 14.8. The first-order valence-corrected chi connectivity index (χ1v) is 8.09. The Morgan fingerprint density at radius 3 is 2.96 bits per heavy atom. The number of thiophene rings is 1. The standard InChI is InChI=1S/C14H19NO7S/c16-13(15-2-4-19-3-1-14(17)18)7-20-5-10-6-21-11-8-23-9-12(11)22-10/h8-10H,1-7H2,(H,15,16)(H,17,18). The summed E-state index contributed by atoms with van der Waals surface area (Å²) >= 11 is 1.50. The van der Waals surface area contributed by atoms with E-state index in [-0.39, 0.29) is 44.9 Å². The number of carbonyl (C=O) groups excluding carboxylic acids is 1. The Hall–Kier alpha value is -1.84. The molecule has 0 radical (unpaired) electrons. The van der Waals surface area contributed by atoms with Crippen molar-refractivity contribution in [2.45, 2.75) is 12.5 Å². The maximum absolute atomic E-state index is 11.5.